The predicted octanol–water partition coefficient (Wildman–Crippen LogP) is 2.52. The Kier molecular flexibility index (Phi) is 2.15. The Labute approximate surface area is 83.3 Å². The van der Waals surface area contributed by atoms with E-state index in [9.17, 15) is 0 Å². The minimum absolute atomic E-state index is 0.565. The molecule has 1 aromatic rings. The first-order valence-corrected chi connectivity index (χ1v) is 4.74. The lowest BCUT2D eigenvalue weighted by molar-refractivity contribution is -0.146. The van der Waals surface area contributed by atoms with Crippen LogP contribution in [0.1, 0.15) is 25.8 Å². The highest BCUT2D eigenvalue weighted by molar-refractivity contribution is 5.94. The maximum atomic E-state index is 5.61. The first kappa shape index (κ1) is 9.06. The maximum absolute atomic E-state index is 5.61. The molecule has 0 spiro atoms. The van der Waals surface area contributed by atoms with Gasteiger partial charge in [0.2, 0.25) is 0 Å². The molecule has 0 amide bonds. The fraction of sp³-hybridized carbons (Fsp3) is 0.364. The molecule has 0 aromatic heterocycles. The standard InChI is InChI=1S/C11H13NO2/c1-3-11(2)13-10(12-14-11)9-7-5-4-6-8-9/h4-8H,3H2,1-2H3. The van der Waals surface area contributed by atoms with Gasteiger partial charge in [0.1, 0.15) is 0 Å². The van der Waals surface area contributed by atoms with Gasteiger partial charge in [0.15, 0.2) is 0 Å². The van der Waals surface area contributed by atoms with Crippen LogP contribution in [0.5, 0.6) is 0 Å². The van der Waals surface area contributed by atoms with Crippen molar-refractivity contribution in [1.29, 1.82) is 0 Å². The predicted molar refractivity (Wildman–Crippen MR) is 53.8 cm³/mol. The summed E-state index contributed by atoms with van der Waals surface area (Å²) in [5.41, 5.74) is 0.949. The van der Waals surface area contributed by atoms with Gasteiger partial charge in [-0.25, -0.2) is 0 Å². The van der Waals surface area contributed by atoms with Gasteiger partial charge in [-0.3, -0.25) is 0 Å². The van der Waals surface area contributed by atoms with Crippen molar-refractivity contribution < 1.29 is 9.57 Å². The lowest BCUT2D eigenvalue weighted by atomic mass is 10.2. The van der Waals surface area contributed by atoms with Gasteiger partial charge in [0.25, 0.3) is 11.7 Å². The molecule has 0 fully saturated rings. The Bertz CT molecular complexity index is 348. The molecule has 0 saturated heterocycles. The number of ether oxygens (including phenoxy) is 1. The number of rotatable bonds is 2. The third kappa shape index (κ3) is 1.58. The number of hydrogen-bond acceptors (Lipinski definition) is 3. The van der Waals surface area contributed by atoms with Crippen LogP contribution in [0.3, 0.4) is 0 Å². The third-order valence-electron chi connectivity index (χ3n) is 2.30. The van der Waals surface area contributed by atoms with E-state index in [4.69, 9.17) is 9.57 Å². The van der Waals surface area contributed by atoms with Crippen LogP contribution in [0.4, 0.5) is 0 Å². The zero-order valence-corrected chi connectivity index (χ0v) is 8.36. The summed E-state index contributed by atoms with van der Waals surface area (Å²) in [6, 6.07) is 9.75. The van der Waals surface area contributed by atoms with E-state index in [1.54, 1.807) is 0 Å². The van der Waals surface area contributed by atoms with E-state index < -0.39 is 5.79 Å². The van der Waals surface area contributed by atoms with Crippen molar-refractivity contribution in [2.24, 2.45) is 5.16 Å². The SMILES string of the molecule is CCC1(C)ON=C(c2ccccc2)O1. The van der Waals surface area contributed by atoms with Gasteiger partial charge >= 0.3 is 0 Å². The molecule has 1 aliphatic rings. The summed E-state index contributed by atoms with van der Waals surface area (Å²) in [6.07, 6.45) is 0.771. The van der Waals surface area contributed by atoms with Crippen LogP contribution in [0.15, 0.2) is 35.5 Å². The van der Waals surface area contributed by atoms with Crippen molar-refractivity contribution in [3.05, 3.63) is 35.9 Å². The van der Waals surface area contributed by atoms with Crippen LogP contribution >= 0.6 is 0 Å². The summed E-state index contributed by atoms with van der Waals surface area (Å²) in [7, 11) is 0. The Morgan fingerprint density at radius 2 is 2.00 bits per heavy atom. The molecule has 1 unspecified atom stereocenters. The van der Waals surface area contributed by atoms with Crippen molar-refractivity contribution in [1.82, 2.24) is 0 Å². The second-order valence-corrected chi connectivity index (χ2v) is 3.44. The molecule has 2 rings (SSSR count). The molecule has 1 aliphatic heterocycles. The first-order chi connectivity index (χ1) is 6.73. The highest BCUT2D eigenvalue weighted by atomic mass is 16.8. The zero-order chi connectivity index (χ0) is 10.0. The molecule has 0 bridgehead atoms. The number of oxime groups is 1. The summed E-state index contributed by atoms with van der Waals surface area (Å²) >= 11 is 0. The molecule has 0 N–H and O–H groups in total. The molecular weight excluding hydrogens is 178 g/mol. The lowest BCUT2D eigenvalue weighted by Crippen LogP contribution is -2.26. The average molecular weight is 191 g/mol. The second-order valence-electron chi connectivity index (χ2n) is 3.44. The second kappa shape index (κ2) is 3.33. The normalized spacial score (nSPS) is 25.1. The van der Waals surface area contributed by atoms with Gasteiger partial charge in [-0.2, -0.15) is 0 Å². The number of benzene rings is 1. The molecule has 74 valence electrons. The van der Waals surface area contributed by atoms with Crippen molar-refractivity contribution in [2.75, 3.05) is 0 Å². The highest BCUT2D eigenvalue weighted by Gasteiger charge is 2.34. The van der Waals surface area contributed by atoms with E-state index >= 15 is 0 Å². The summed E-state index contributed by atoms with van der Waals surface area (Å²) in [4.78, 5) is 5.22. The van der Waals surface area contributed by atoms with Gasteiger partial charge in [0.05, 0.1) is 0 Å². The molecule has 1 atom stereocenters. The van der Waals surface area contributed by atoms with Crippen LogP contribution < -0.4 is 0 Å². The summed E-state index contributed by atoms with van der Waals surface area (Å²) in [5.74, 6) is -0.0273. The minimum Gasteiger partial charge on any atom is -0.430 e. The minimum atomic E-state index is -0.592. The molecule has 3 nitrogen and oxygen atoms in total. The Balaban J connectivity index is 2.17. The van der Waals surface area contributed by atoms with Gasteiger partial charge in [-0.05, 0) is 17.3 Å². The Hall–Kier alpha value is -1.51. The van der Waals surface area contributed by atoms with Crippen LogP contribution in [0, 0.1) is 0 Å². The molecular formula is C11H13NO2. The Morgan fingerprint density at radius 1 is 1.29 bits per heavy atom. The fourth-order valence-corrected chi connectivity index (χ4v) is 1.21. The van der Waals surface area contributed by atoms with Crippen LogP contribution in [0.2, 0.25) is 0 Å². The average Bonchev–Trinajstić information content (AvgIpc) is 2.63. The largest absolute Gasteiger partial charge is 0.430 e. The summed E-state index contributed by atoms with van der Waals surface area (Å²) in [6.45, 7) is 3.88. The van der Waals surface area contributed by atoms with Crippen molar-refractivity contribution in [2.45, 2.75) is 26.1 Å². The monoisotopic (exact) mass is 191 g/mol. The van der Waals surface area contributed by atoms with Gasteiger partial charge in [-0.1, -0.05) is 25.1 Å². The van der Waals surface area contributed by atoms with Crippen molar-refractivity contribution in [3.8, 4) is 0 Å². The number of hydrogen-bond donors (Lipinski definition) is 0. The smallest absolute Gasteiger partial charge is 0.274 e. The van der Waals surface area contributed by atoms with E-state index in [0.717, 1.165) is 12.0 Å². The van der Waals surface area contributed by atoms with Crippen molar-refractivity contribution in [3.63, 3.8) is 0 Å². The van der Waals surface area contributed by atoms with E-state index in [1.165, 1.54) is 0 Å². The highest BCUT2D eigenvalue weighted by Crippen LogP contribution is 2.25. The Morgan fingerprint density at radius 3 is 2.57 bits per heavy atom. The maximum Gasteiger partial charge on any atom is 0.274 e. The van der Waals surface area contributed by atoms with E-state index in [-0.39, 0.29) is 0 Å². The third-order valence-corrected chi connectivity index (χ3v) is 2.30. The molecule has 14 heavy (non-hydrogen) atoms. The topological polar surface area (TPSA) is 30.8 Å². The van der Waals surface area contributed by atoms with Crippen LogP contribution in [-0.2, 0) is 9.57 Å². The zero-order valence-electron chi connectivity index (χ0n) is 8.36. The fourth-order valence-electron chi connectivity index (χ4n) is 1.21. The van der Waals surface area contributed by atoms with E-state index in [2.05, 4.69) is 5.16 Å². The molecule has 0 radical (unpaired) electrons. The molecule has 0 saturated carbocycles. The van der Waals surface area contributed by atoms with Gasteiger partial charge in [0, 0.05) is 18.9 Å². The van der Waals surface area contributed by atoms with Gasteiger partial charge in [-0.15, -0.1) is 0 Å². The molecule has 1 heterocycles. The molecule has 1 aromatic carbocycles. The van der Waals surface area contributed by atoms with E-state index in [1.807, 2.05) is 44.2 Å². The lowest BCUT2D eigenvalue weighted by Gasteiger charge is -2.18. The number of nitrogens with zero attached hydrogens (tertiary/aromatic N) is 1. The van der Waals surface area contributed by atoms with Crippen molar-refractivity contribution >= 4 is 5.90 Å². The summed E-state index contributed by atoms with van der Waals surface area (Å²) < 4.78 is 5.61. The first-order valence-electron chi connectivity index (χ1n) is 4.74. The van der Waals surface area contributed by atoms with Crippen LogP contribution in [0.25, 0.3) is 0 Å². The van der Waals surface area contributed by atoms with Crippen LogP contribution in [-0.4, -0.2) is 11.7 Å². The summed E-state index contributed by atoms with van der Waals surface area (Å²) in [5, 5.41) is 3.92. The molecule has 0 aliphatic carbocycles. The van der Waals surface area contributed by atoms with Gasteiger partial charge < -0.3 is 9.57 Å². The molecule has 3 heteroatoms. The van der Waals surface area contributed by atoms with E-state index in [0.29, 0.717) is 5.90 Å². The quantitative estimate of drug-likeness (QED) is 0.719.